The average Bonchev–Trinajstić information content (AvgIpc) is 2.88. The molecule has 2 nitrogen and oxygen atoms in total. The highest BCUT2D eigenvalue weighted by molar-refractivity contribution is 7.59. The summed E-state index contributed by atoms with van der Waals surface area (Å²) in [4.78, 5) is 0. The Hall–Kier alpha value is -1.19. The molecule has 0 amide bonds. The van der Waals surface area contributed by atoms with Crippen LogP contribution in [0.15, 0.2) is 30.3 Å². The molecule has 0 radical (unpaired) electrons. The lowest BCUT2D eigenvalue weighted by Crippen LogP contribution is -2.31. The van der Waals surface area contributed by atoms with Crippen molar-refractivity contribution in [3.05, 3.63) is 41.5 Å². The number of aryl methyl sites for hydroxylation is 1. The van der Waals surface area contributed by atoms with Gasteiger partial charge in [0.15, 0.2) is 0 Å². The molecule has 3 heteroatoms. The summed E-state index contributed by atoms with van der Waals surface area (Å²) >= 11 is 0. The minimum Gasteiger partial charge on any atom is -0.497 e. The number of ether oxygens (including phenoxy) is 1. The molecule has 2 aromatic carbocycles. The van der Waals surface area contributed by atoms with Gasteiger partial charge in [0, 0.05) is 6.04 Å². The quantitative estimate of drug-likeness (QED) is 0.861. The number of fused-ring (bicyclic) bond motifs is 5. The Morgan fingerprint density at radius 3 is 2.86 bits per heavy atom. The van der Waals surface area contributed by atoms with E-state index in [0.717, 1.165) is 12.3 Å². The van der Waals surface area contributed by atoms with Gasteiger partial charge in [0.05, 0.1) is 7.11 Å². The summed E-state index contributed by atoms with van der Waals surface area (Å²) in [5, 5.41) is 6.42. The Morgan fingerprint density at radius 1 is 1.19 bits per heavy atom. The monoisotopic (exact) mass is 301 g/mol. The SMILES string of the molecule is COc1ccc2c3c(ccc2c1)C1NCC[C@]1(C)CC3.S. The van der Waals surface area contributed by atoms with Gasteiger partial charge in [-0.2, -0.15) is 13.5 Å². The first-order chi connectivity index (χ1) is 9.71. The van der Waals surface area contributed by atoms with Crippen molar-refractivity contribution in [2.24, 2.45) is 5.41 Å². The number of methoxy groups -OCH3 is 1. The first kappa shape index (κ1) is 14.7. The molecule has 1 heterocycles. The van der Waals surface area contributed by atoms with Gasteiger partial charge >= 0.3 is 0 Å². The third-order valence-electron chi connectivity index (χ3n) is 5.37. The molecule has 0 saturated carbocycles. The van der Waals surface area contributed by atoms with E-state index in [0.29, 0.717) is 11.5 Å². The lowest BCUT2D eigenvalue weighted by atomic mass is 9.69. The molecule has 0 spiro atoms. The van der Waals surface area contributed by atoms with Crippen LogP contribution >= 0.6 is 13.5 Å². The van der Waals surface area contributed by atoms with E-state index in [4.69, 9.17) is 4.74 Å². The molecular formula is C18H23NOS. The van der Waals surface area contributed by atoms with Crippen molar-refractivity contribution in [1.82, 2.24) is 5.32 Å². The van der Waals surface area contributed by atoms with Crippen LogP contribution in [0.4, 0.5) is 0 Å². The standard InChI is InChI=1S/C18H21NO.H2S/c1-18-8-7-15-14-6-4-13(20-2)11-12(14)3-5-16(15)17(18)19-10-9-18;/h3-6,11,17,19H,7-10H2,1-2H3;1H2/t17?,18-;/m0./s1. The first-order valence-electron chi connectivity index (χ1n) is 7.54. The zero-order chi connectivity index (χ0) is 13.7. The second kappa shape index (κ2) is 5.22. The molecule has 1 fully saturated rings. The van der Waals surface area contributed by atoms with E-state index in [2.05, 4.69) is 42.6 Å². The average molecular weight is 301 g/mol. The minimum atomic E-state index is 0. The van der Waals surface area contributed by atoms with Gasteiger partial charge in [-0.05, 0) is 65.3 Å². The molecule has 2 atom stereocenters. The molecule has 2 aromatic rings. The van der Waals surface area contributed by atoms with Gasteiger partial charge in [0.2, 0.25) is 0 Å². The zero-order valence-electron chi connectivity index (χ0n) is 12.7. The van der Waals surface area contributed by atoms with Gasteiger partial charge < -0.3 is 10.1 Å². The molecule has 21 heavy (non-hydrogen) atoms. The van der Waals surface area contributed by atoms with Gasteiger partial charge in [-0.1, -0.05) is 25.1 Å². The largest absolute Gasteiger partial charge is 0.497 e. The number of hydrogen-bond donors (Lipinski definition) is 1. The van der Waals surface area contributed by atoms with Gasteiger partial charge in [0.25, 0.3) is 0 Å². The van der Waals surface area contributed by atoms with Crippen molar-refractivity contribution in [1.29, 1.82) is 0 Å². The second-order valence-corrected chi connectivity index (χ2v) is 6.51. The van der Waals surface area contributed by atoms with E-state index in [1.165, 1.54) is 35.6 Å². The van der Waals surface area contributed by atoms with Crippen molar-refractivity contribution in [2.45, 2.75) is 32.2 Å². The molecular weight excluding hydrogens is 278 g/mol. The van der Waals surface area contributed by atoms with E-state index in [-0.39, 0.29) is 13.5 Å². The summed E-state index contributed by atoms with van der Waals surface area (Å²) < 4.78 is 5.34. The first-order valence-corrected chi connectivity index (χ1v) is 7.54. The molecule has 1 aliphatic heterocycles. The summed E-state index contributed by atoms with van der Waals surface area (Å²) in [5.41, 5.74) is 3.52. The summed E-state index contributed by atoms with van der Waals surface area (Å²) in [7, 11) is 1.73. The highest BCUT2D eigenvalue weighted by Crippen LogP contribution is 2.50. The Bertz CT molecular complexity index is 684. The molecule has 112 valence electrons. The van der Waals surface area contributed by atoms with Crippen molar-refractivity contribution >= 4 is 24.3 Å². The van der Waals surface area contributed by atoms with Gasteiger partial charge in [-0.3, -0.25) is 0 Å². The Morgan fingerprint density at radius 2 is 2.05 bits per heavy atom. The van der Waals surface area contributed by atoms with Crippen LogP contribution in [0.5, 0.6) is 5.75 Å². The van der Waals surface area contributed by atoms with Crippen LogP contribution in [0, 0.1) is 5.41 Å². The smallest absolute Gasteiger partial charge is 0.119 e. The fraction of sp³-hybridized carbons (Fsp3) is 0.444. The maximum absolute atomic E-state index is 5.34. The predicted molar refractivity (Wildman–Crippen MR) is 92.7 cm³/mol. The van der Waals surface area contributed by atoms with Crippen LogP contribution in [-0.4, -0.2) is 13.7 Å². The fourth-order valence-electron chi connectivity index (χ4n) is 4.12. The highest BCUT2D eigenvalue weighted by atomic mass is 32.1. The van der Waals surface area contributed by atoms with E-state index in [1.54, 1.807) is 12.7 Å². The Kier molecular flexibility index (Phi) is 3.66. The molecule has 1 unspecified atom stereocenters. The molecule has 0 aromatic heterocycles. The van der Waals surface area contributed by atoms with Crippen molar-refractivity contribution in [2.75, 3.05) is 13.7 Å². The normalized spacial score (nSPS) is 26.9. The molecule has 1 saturated heterocycles. The second-order valence-electron chi connectivity index (χ2n) is 6.51. The fourth-order valence-corrected chi connectivity index (χ4v) is 4.12. The number of benzene rings is 2. The lowest BCUT2D eigenvalue weighted by molar-refractivity contribution is 0.244. The molecule has 1 aliphatic carbocycles. The van der Waals surface area contributed by atoms with E-state index in [9.17, 15) is 0 Å². The van der Waals surface area contributed by atoms with Crippen molar-refractivity contribution in [3.8, 4) is 5.75 Å². The lowest BCUT2D eigenvalue weighted by Gasteiger charge is -2.38. The van der Waals surface area contributed by atoms with Crippen LogP contribution in [0.1, 0.15) is 36.9 Å². The Labute approximate surface area is 133 Å². The summed E-state index contributed by atoms with van der Waals surface area (Å²) in [5.74, 6) is 0.942. The van der Waals surface area contributed by atoms with Crippen LogP contribution in [0.25, 0.3) is 10.8 Å². The van der Waals surface area contributed by atoms with Crippen LogP contribution in [0.3, 0.4) is 0 Å². The van der Waals surface area contributed by atoms with E-state index < -0.39 is 0 Å². The summed E-state index contributed by atoms with van der Waals surface area (Å²) in [6, 6.07) is 11.6. The predicted octanol–water partition coefficient (Wildman–Crippen LogP) is 3.95. The van der Waals surface area contributed by atoms with Gasteiger partial charge in [-0.25, -0.2) is 0 Å². The molecule has 0 bridgehead atoms. The number of nitrogens with one attached hydrogen (secondary N) is 1. The number of hydrogen-bond acceptors (Lipinski definition) is 2. The van der Waals surface area contributed by atoms with E-state index in [1.807, 2.05) is 0 Å². The maximum Gasteiger partial charge on any atom is 0.119 e. The van der Waals surface area contributed by atoms with Crippen LogP contribution in [0.2, 0.25) is 0 Å². The topological polar surface area (TPSA) is 21.3 Å². The van der Waals surface area contributed by atoms with Crippen molar-refractivity contribution in [3.63, 3.8) is 0 Å². The third kappa shape index (κ3) is 2.14. The zero-order valence-corrected chi connectivity index (χ0v) is 13.7. The van der Waals surface area contributed by atoms with Gasteiger partial charge in [-0.15, -0.1) is 0 Å². The summed E-state index contributed by atoms with van der Waals surface area (Å²) in [6.45, 7) is 3.60. The molecule has 2 aliphatic rings. The molecule has 4 rings (SSSR count). The van der Waals surface area contributed by atoms with Crippen LogP contribution < -0.4 is 10.1 Å². The highest BCUT2D eigenvalue weighted by Gasteiger charge is 2.43. The summed E-state index contributed by atoms with van der Waals surface area (Å²) in [6.07, 6.45) is 3.80. The van der Waals surface area contributed by atoms with E-state index >= 15 is 0 Å². The minimum absolute atomic E-state index is 0. The maximum atomic E-state index is 5.34. The van der Waals surface area contributed by atoms with Crippen molar-refractivity contribution < 1.29 is 4.74 Å². The third-order valence-corrected chi connectivity index (χ3v) is 5.37. The van der Waals surface area contributed by atoms with Crippen LogP contribution in [-0.2, 0) is 6.42 Å². The van der Waals surface area contributed by atoms with Gasteiger partial charge in [0.1, 0.15) is 5.75 Å². The number of rotatable bonds is 1. The molecule has 1 N–H and O–H groups in total. The Balaban J connectivity index is 0.00000132.